The summed E-state index contributed by atoms with van der Waals surface area (Å²) in [5.74, 6) is 0.745. The van der Waals surface area contributed by atoms with Gasteiger partial charge in [-0.2, -0.15) is 5.26 Å². The molecule has 0 aliphatic carbocycles. The number of halogens is 1. The summed E-state index contributed by atoms with van der Waals surface area (Å²) in [5, 5.41) is 10.2. The molecule has 0 aromatic heterocycles. The number of aryl methyl sites for hydroxylation is 1. The molecule has 0 fully saturated rings. The van der Waals surface area contributed by atoms with Gasteiger partial charge in [-0.1, -0.05) is 71.8 Å². The van der Waals surface area contributed by atoms with Crippen LogP contribution in [0.1, 0.15) is 22.3 Å². The van der Waals surface area contributed by atoms with Crippen LogP contribution < -0.4 is 4.74 Å². The fraction of sp³-hybridized carbons (Fsp3) is 0.0870. The molecule has 3 rings (SSSR count). The van der Waals surface area contributed by atoms with Gasteiger partial charge in [0.25, 0.3) is 0 Å². The molecule has 0 aliphatic heterocycles. The number of hydrogen-bond donors (Lipinski definition) is 0. The molecular weight excluding hydrogens is 342 g/mol. The zero-order chi connectivity index (χ0) is 18.4. The highest BCUT2D eigenvalue weighted by Gasteiger charge is 2.06. The van der Waals surface area contributed by atoms with Crippen molar-refractivity contribution in [3.63, 3.8) is 0 Å². The Bertz CT molecular complexity index is 951. The maximum Gasteiger partial charge on any atom is 0.127 e. The molecule has 0 N–H and O–H groups in total. The van der Waals surface area contributed by atoms with Crippen LogP contribution in [0.2, 0.25) is 5.02 Å². The van der Waals surface area contributed by atoms with E-state index in [2.05, 4.69) is 37.3 Å². The van der Waals surface area contributed by atoms with Crippen molar-refractivity contribution in [3.8, 4) is 11.8 Å². The molecule has 0 saturated carbocycles. The molecule has 0 saturated heterocycles. The van der Waals surface area contributed by atoms with Gasteiger partial charge in [-0.25, -0.2) is 0 Å². The summed E-state index contributed by atoms with van der Waals surface area (Å²) in [4.78, 5) is 0. The average Bonchev–Trinajstić information content (AvgIpc) is 2.67. The Morgan fingerprint density at radius 1 is 1.00 bits per heavy atom. The van der Waals surface area contributed by atoms with Crippen LogP contribution in [0.4, 0.5) is 0 Å². The summed E-state index contributed by atoms with van der Waals surface area (Å²) in [5.41, 5.74) is 4.58. The van der Waals surface area contributed by atoms with Gasteiger partial charge in [0.2, 0.25) is 0 Å². The van der Waals surface area contributed by atoms with E-state index in [9.17, 15) is 5.26 Å². The van der Waals surface area contributed by atoms with Crippen molar-refractivity contribution in [2.75, 3.05) is 0 Å². The van der Waals surface area contributed by atoms with Crippen LogP contribution >= 0.6 is 11.6 Å². The molecule has 0 bridgehead atoms. The second kappa shape index (κ2) is 8.38. The number of hydrogen-bond acceptors (Lipinski definition) is 2. The van der Waals surface area contributed by atoms with E-state index in [1.54, 1.807) is 12.1 Å². The standard InChI is InChI=1S/C23H18ClNO/c1-17-6-8-18(9-7-17)16-26-23-5-3-2-4-20(23)14-21(15-25)19-10-12-22(24)13-11-19/h2-14H,16H2,1H3/b21-14+. The van der Waals surface area contributed by atoms with E-state index in [0.717, 1.165) is 22.4 Å². The lowest BCUT2D eigenvalue weighted by molar-refractivity contribution is 0.305. The molecule has 0 heterocycles. The Morgan fingerprint density at radius 2 is 1.69 bits per heavy atom. The van der Waals surface area contributed by atoms with Crippen LogP contribution in [0.5, 0.6) is 5.75 Å². The van der Waals surface area contributed by atoms with Crippen molar-refractivity contribution in [1.29, 1.82) is 5.26 Å². The van der Waals surface area contributed by atoms with Gasteiger partial charge >= 0.3 is 0 Å². The first kappa shape index (κ1) is 17.8. The lowest BCUT2D eigenvalue weighted by Gasteiger charge is -2.10. The zero-order valence-corrected chi connectivity index (χ0v) is 15.2. The highest BCUT2D eigenvalue weighted by Crippen LogP contribution is 2.26. The van der Waals surface area contributed by atoms with Crippen LogP contribution in [-0.2, 0) is 6.61 Å². The number of ether oxygens (including phenoxy) is 1. The summed E-state index contributed by atoms with van der Waals surface area (Å²) < 4.78 is 5.99. The number of benzene rings is 3. The molecule has 26 heavy (non-hydrogen) atoms. The minimum atomic E-state index is 0.480. The third-order valence-corrected chi connectivity index (χ3v) is 4.26. The molecule has 0 radical (unpaired) electrons. The molecule has 0 spiro atoms. The highest BCUT2D eigenvalue weighted by atomic mass is 35.5. The van der Waals surface area contributed by atoms with Crippen LogP contribution in [0.3, 0.4) is 0 Å². The van der Waals surface area contributed by atoms with E-state index in [1.807, 2.05) is 42.5 Å². The minimum Gasteiger partial charge on any atom is -0.488 e. The van der Waals surface area contributed by atoms with Crippen molar-refractivity contribution in [3.05, 3.63) is 100 Å². The van der Waals surface area contributed by atoms with Gasteiger partial charge in [0, 0.05) is 10.6 Å². The fourth-order valence-corrected chi connectivity index (χ4v) is 2.67. The minimum absolute atomic E-state index is 0.480. The molecule has 0 unspecified atom stereocenters. The van der Waals surface area contributed by atoms with E-state index in [4.69, 9.17) is 16.3 Å². The number of nitrogens with zero attached hydrogens (tertiary/aromatic N) is 1. The average molecular weight is 360 g/mol. The predicted octanol–water partition coefficient (Wildman–Crippen LogP) is 6.29. The topological polar surface area (TPSA) is 33.0 Å². The van der Waals surface area contributed by atoms with Gasteiger partial charge in [-0.3, -0.25) is 0 Å². The van der Waals surface area contributed by atoms with E-state index >= 15 is 0 Å². The Kier molecular flexibility index (Phi) is 5.73. The zero-order valence-electron chi connectivity index (χ0n) is 14.4. The largest absolute Gasteiger partial charge is 0.488 e. The van der Waals surface area contributed by atoms with Crippen molar-refractivity contribution < 1.29 is 4.74 Å². The van der Waals surface area contributed by atoms with Crippen molar-refractivity contribution in [1.82, 2.24) is 0 Å². The Balaban J connectivity index is 1.84. The van der Waals surface area contributed by atoms with Gasteiger partial charge in [-0.15, -0.1) is 0 Å². The summed E-state index contributed by atoms with van der Waals surface area (Å²) in [6, 6.07) is 25.5. The van der Waals surface area contributed by atoms with Crippen LogP contribution in [0.25, 0.3) is 11.6 Å². The molecule has 0 amide bonds. The van der Waals surface area contributed by atoms with E-state index in [0.29, 0.717) is 17.2 Å². The summed E-state index contributed by atoms with van der Waals surface area (Å²) in [7, 11) is 0. The highest BCUT2D eigenvalue weighted by molar-refractivity contribution is 6.30. The monoisotopic (exact) mass is 359 g/mol. The molecule has 0 aliphatic rings. The smallest absolute Gasteiger partial charge is 0.127 e. The molecule has 3 heteroatoms. The summed E-state index contributed by atoms with van der Waals surface area (Å²) >= 11 is 5.93. The van der Waals surface area contributed by atoms with Crippen LogP contribution in [0.15, 0.2) is 72.8 Å². The summed E-state index contributed by atoms with van der Waals surface area (Å²) in [6.07, 6.45) is 1.84. The van der Waals surface area contributed by atoms with Gasteiger partial charge in [0.1, 0.15) is 12.4 Å². The third-order valence-electron chi connectivity index (χ3n) is 4.01. The number of allylic oxidation sites excluding steroid dienone is 1. The molecule has 0 atom stereocenters. The molecule has 2 nitrogen and oxygen atoms in total. The van der Waals surface area contributed by atoms with Crippen molar-refractivity contribution >= 4 is 23.3 Å². The molecule has 3 aromatic carbocycles. The second-order valence-electron chi connectivity index (χ2n) is 5.99. The van der Waals surface area contributed by atoms with Gasteiger partial charge in [0.05, 0.1) is 11.6 Å². The van der Waals surface area contributed by atoms with Crippen molar-refractivity contribution in [2.45, 2.75) is 13.5 Å². The van der Waals surface area contributed by atoms with Crippen molar-refractivity contribution in [2.24, 2.45) is 0 Å². The lowest BCUT2D eigenvalue weighted by atomic mass is 10.0. The third kappa shape index (κ3) is 4.53. The summed E-state index contributed by atoms with van der Waals surface area (Å²) in [6.45, 7) is 2.54. The first-order chi connectivity index (χ1) is 12.7. The first-order valence-electron chi connectivity index (χ1n) is 8.31. The Morgan fingerprint density at radius 3 is 2.38 bits per heavy atom. The van der Waals surface area contributed by atoms with Crippen LogP contribution in [-0.4, -0.2) is 0 Å². The number of para-hydroxylation sites is 1. The second-order valence-corrected chi connectivity index (χ2v) is 6.43. The molecule has 128 valence electrons. The number of rotatable bonds is 5. The quantitative estimate of drug-likeness (QED) is 0.396. The van der Waals surface area contributed by atoms with Gasteiger partial charge in [0.15, 0.2) is 0 Å². The first-order valence-corrected chi connectivity index (χ1v) is 8.68. The van der Waals surface area contributed by atoms with E-state index in [1.165, 1.54) is 5.56 Å². The van der Waals surface area contributed by atoms with Crippen LogP contribution in [0, 0.1) is 18.3 Å². The van der Waals surface area contributed by atoms with E-state index in [-0.39, 0.29) is 0 Å². The maximum atomic E-state index is 9.54. The molecular formula is C23H18ClNO. The Labute approximate surface area is 158 Å². The Hall–Kier alpha value is -3.02. The molecule has 3 aromatic rings. The van der Waals surface area contributed by atoms with E-state index < -0.39 is 0 Å². The number of nitriles is 1. The fourth-order valence-electron chi connectivity index (χ4n) is 2.54. The predicted molar refractivity (Wildman–Crippen MR) is 107 cm³/mol. The normalized spacial score (nSPS) is 11.0. The SMILES string of the molecule is Cc1ccc(COc2ccccc2/C=C(\C#N)c2ccc(Cl)cc2)cc1. The maximum absolute atomic E-state index is 9.54. The van der Waals surface area contributed by atoms with Gasteiger partial charge in [-0.05, 0) is 42.3 Å². The van der Waals surface area contributed by atoms with Gasteiger partial charge < -0.3 is 4.74 Å². The lowest BCUT2D eigenvalue weighted by Crippen LogP contribution is -1.97.